The number of nitrogens with two attached hydrogens (primary N) is 1. The van der Waals surface area contributed by atoms with Gasteiger partial charge >= 0.3 is 0 Å². The van der Waals surface area contributed by atoms with Crippen molar-refractivity contribution in [2.75, 3.05) is 48.7 Å². The van der Waals surface area contributed by atoms with Crippen LogP contribution in [0, 0.1) is 11.6 Å². The van der Waals surface area contributed by atoms with Gasteiger partial charge < -0.3 is 30.4 Å². The zero-order valence-electron chi connectivity index (χ0n) is 18.3. The molecule has 1 aliphatic heterocycles. The van der Waals surface area contributed by atoms with Crippen molar-refractivity contribution in [3.8, 4) is 11.6 Å². The van der Waals surface area contributed by atoms with Crippen LogP contribution in [0.5, 0.6) is 0 Å². The molecule has 12 nitrogen and oxygen atoms in total. The van der Waals surface area contributed by atoms with Crippen LogP contribution in [0.1, 0.15) is 0 Å². The lowest BCUT2D eigenvalue weighted by atomic mass is 10.2. The molecule has 1 saturated heterocycles. The monoisotopic (exact) mass is 485 g/mol. The lowest BCUT2D eigenvalue weighted by Gasteiger charge is -2.37. The van der Waals surface area contributed by atoms with E-state index in [1.165, 1.54) is 22.9 Å². The van der Waals surface area contributed by atoms with E-state index < -0.39 is 24.3 Å². The SMILES string of the molecule is Nc1nc(N[C@@H](CO)C(=O)N2CCN(c3ccc(F)cc3F)CC2)nc2nc(-c3ccco3)nn12. The van der Waals surface area contributed by atoms with E-state index in [1.807, 2.05) is 0 Å². The van der Waals surface area contributed by atoms with Gasteiger partial charge in [-0.05, 0) is 24.3 Å². The van der Waals surface area contributed by atoms with Crippen LogP contribution < -0.4 is 16.0 Å². The molecule has 182 valence electrons. The van der Waals surface area contributed by atoms with E-state index in [0.29, 0.717) is 18.8 Å². The van der Waals surface area contributed by atoms with E-state index >= 15 is 0 Å². The van der Waals surface area contributed by atoms with Crippen molar-refractivity contribution in [2.45, 2.75) is 6.04 Å². The minimum absolute atomic E-state index is 0.00665. The number of carbonyl (C=O) groups is 1. The first-order valence-electron chi connectivity index (χ1n) is 10.7. The van der Waals surface area contributed by atoms with E-state index in [0.717, 1.165) is 6.07 Å². The molecule has 1 aromatic carbocycles. The molecule has 1 aliphatic rings. The van der Waals surface area contributed by atoms with E-state index in [1.54, 1.807) is 21.9 Å². The summed E-state index contributed by atoms with van der Waals surface area (Å²) in [5, 5.41) is 16.9. The predicted octanol–water partition coefficient (Wildman–Crippen LogP) is 0.761. The Morgan fingerprint density at radius 2 is 1.97 bits per heavy atom. The van der Waals surface area contributed by atoms with Crippen LogP contribution in [-0.4, -0.2) is 79.3 Å². The number of fused-ring (bicyclic) bond motifs is 1. The molecular formula is C21H21F2N9O3. The van der Waals surface area contributed by atoms with E-state index in [2.05, 4.69) is 25.4 Å². The number of furan rings is 1. The van der Waals surface area contributed by atoms with Gasteiger partial charge in [-0.15, -0.1) is 5.10 Å². The summed E-state index contributed by atoms with van der Waals surface area (Å²) in [5.41, 5.74) is 6.25. The molecule has 0 bridgehead atoms. The van der Waals surface area contributed by atoms with Gasteiger partial charge in [-0.3, -0.25) is 4.79 Å². The highest BCUT2D eigenvalue weighted by Crippen LogP contribution is 2.22. The van der Waals surface area contributed by atoms with Crippen molar-refractivity contribution < 1.29 is 23.1 Å². The summed E-state index contributed by atoms with van der Waals surface area (Å²) in [6, 6.07) is 5.72. The molecule has 35 heavy (non-hydrogen) atoms. The Balaban J connectivity index is 1.27. The molecule has 5 rings (SSSR count). The number of amides is 1. The Hall–Kier alpha value is -4.33. The Morgan fingerprint density at radius 1 is 1.17 bits per heavy atom. The van der Waals surface area contributed by atoms with Crippen LogP contribution in [-0.2, 0) is 4.79 Å². The first-order chi connectivity index (χ1) is 16.9. The number of hydrogen-bond acceptors (Lipinski definition) is 10. The Morgan fingerprint density at radius 3 is 2.66 bits per heavy atom. The second-order valence-electron chi connectivity index (χ2n) is 7.82. The van der Waals surface area contributed by atoms with Crippen LogP contribution in [0.2, 0.25) is 0 Å². The Labute approximate surface area is 197 Å². The Bertz CT molecular complexity index is 1350. The van der Waals surface area contributed by atoms with Crippen molar-refractivity contribution >= 4 is 29.3 Å². The molecule has 1 fully saturated rings. The molecule has 1 atom stereocenters. The Kier molecular flexibility index (Phi) is 5.86. The van der Waals surface area contributed by atoms with Crippen LogP contribution >= 0.6 is 0 Å². The molecule has 0 spiro atoms. The number of halogens is 2. The smallest absolute Gasteiger partial charge is 0.259 e. The molecule has 0 unspecified atom stereocenters. The lowest BCUT2D eigenvalue weighted by molar-refractivity contribution is -0.133. The van der Waals surface area contributed by atoms with Gasteiger partial charge in [0.25, 0.3) is 5.78 Å². The minimum atomic E-state index is -1.04. The quantitative estimate of drug-likeness (QED) is 0.357. The fourth-order valence-corrected chi connectivity index (χ4v) is 3.85. The number of nitrogens with zero attached hydrogens (tertiary/aromatic N) is 7. The molecule has 4 aromatic rings. The molecule has 3 aromatic heterocycles. The number of nitrogens with one attached hydrogen (secondary N) is 1. The molecule has 1 amide bonds. The number of aliphatic hydroxyl groups is 1. The number of carbonyl (C=O) groups excluding carboxylic acids is 1. The minimum Gasteiger partial charge on any atom is -0.461 e. The number of rotatable bonds is 6. The summed E-state index contributed by atoms with van der Waals surface area (Å²) in [5.74, 6) is -0.910. The third kappa shape index (κ3) is 4.42. The fourth-order valence-electron chi connectivity index (χ4n) is 3.85. The zero-order chi connectivity index (χ0) is 24.5. The van der Waals surface area contributed by atoms with Gasteiger partial charge in [0.1, 0.15) is 17.7 Å². The molecule has 4 N–H and O–H groups in total. The number of benzene rings is 1. The molecule has 0 saturated carbocycles. The average Bonchev–Trinajstić information content (AvgIpc) is 3.53. The highest BCUT2D eigenvalue weighted by atomic mass is 19.1. The van der Waals surface area contributed by atoms with Gasteiger partial charge in [0.15, 0.2) is 5.76 Å². The highest BCUT2D eigenvalue weighted by Gasteiger charge is 2.29. The molecule has 0 radical (unpaired) electrons. The second kappa shape index (κ2) is 9.13. The third-order valence-electron chi connectivity index (χ3n) is 5.60. The fraction of sp³-hybridized carbons (Fsp3) is 0.286. The standard InChI is InChI=1S/C21H21F2N9O3/c22-12-3-4-15(13(23)10-12)30-5-7-31(8-6-30)18(34)14(11-33)25-20-27-19(24)32-21(28-20)26-17(29-32)16-2-1-9-35-16/h1-4,9-10,14,33H,5-8,11H2,(H3,24,25,26,27,28,29)/t14-/m0/s1. The maximum atomic E-state index is 14.1. The van der Waals surface area contributed by atoms with Gasteiger partial charge in [0.2, 0.25) is 23.6 Å². The van der Waals surface area contributed by atoms with Gasteiger partial charge in [-0.1, -0.05) is 0 Å². The van der Waals surface area contributed by atoms with Crippen molar-refractivity contribution in [1.29, 1.82) is 0 Å². The molecule has 14 heteroatoms. The summed E-state index contributed by atoms with van der Waals surface area (Å²) in [4.78, 5) is 28.9. The largest absolute Gasteiger partial charge is 0.461 e. The second-order valence-corrected chi connectivity index (χ2v) is 7.82. The van der Waals surface area contributed by atoms with Crippen LogP contribution in [0.3, 0.4) is 0 Å². The normalized spacial score (nSPS) is 14.9. The molecule has 0 aliphatic carbocycles. The van der Waals surface area contributed by atoms with E-state index in [9.17, 15) is 18.7 Å². The maximum absolute atomic E-state index is 14.1. The van der Waals surface area contributed by atoms with Gasteiger partial charge in [0.05, 0.1) is 18.6 Å². The van der Waals surface area contributed by atoms with Gasteiger partial charge in [0, 0.05) is 32.2 Å². The first kappa shape index (κ1) is 22.5. The van der Waals surface area contributed by atoms with Crippen molar-refractivity contribution in [1.82, 2.24) is 29.5 Å². The number of aliphatic hydroxyl groups excluding tert-OH is 1. The summed E-state index contributed by atoms with van der Waals surface area (Å²) in [7, 11) is 0. The van der Waals surface area contributed by atoms with E-state index in [4.69, 9.17) is 10.2 Å². The summed E-state index contributed by atoms with van der Waals surface area (Å²) < 4.78 is 33.8. The first-order valence-corrected chi connectivity index (χ1v) is 10.7. The summed E-state index contributed by atoms with van der Waals surface area (Å²) >= 11 is 0. The van der Waals surface area contributed by atoms with Gasteiger partial charge in [-0.2, -0.15) is 19.5 Å². The summed E-state index contributed by atoms with van der Waals surface area (Å²) in [6.45, 7) is 0.734. The average molecular weight is 485 g/mol. The highest BCUT2D eigenvalue weighted by molar-refractivity contribution is 5.84. The molecular weight excluding hydrogens is 464 g/mol. The van der Waals surface area contributed by atoms with E-state index in [-0.39, 0.29) is 48.2 Å². The number of hydrogen-bond donors (Lipinski definition) is 3. The topological polar surface area (TPSA) is 151 Å². The number of nitrogen functional groups attached to an aromatic ring is 1. The van der Waals surface area contributed by atoms with Crippen LogP contribution in [0.15, 0.2) is 41.0 Å². The van der Waals surface area contributed by atoms with Crippen LogP contribution in [0.25, 0.3) is 17.4 Å². The van der Waals surface area contributed by atoms with Gasteiger partial charge in [-0.25, -0.2) is 8.78 Å². The number of aromatic nitrogens is 5. The number of piperazine rings is 1. The lowest BCUT2D eigenvalue weighted by Crippen LogP contribution is -2.54. The number of anilines is 3. The molecule has 4 heterocycles. The third-order valence-corrected chi connectivity index (χ3v) is 5.60. The predicted molar refractivity (Wildman–Crippen MR) is 120 cm³/mol. The van der Waals surface area contributed by atoms with Crippen molar-refractivity contribution in [3.05, 3.63) is 48.2 Å². The zero-order valence-corrected chi connectivity index (χ0v) is 18.3. The van der Waals surface area contributed by atoms with Crippen molar-refractivity contribution in [2.24, 2.45) is 0 Å². The van der Waals surface area contributed by atoms with Crippen molar-refractivity contribution in [3.63, 3.8) is 0 Å². The van der Waals surface area contributed by atoms with Crippen LogP contribution in [0.4, 0.5) is 26.4 Å². The summed E-state index contributed by atoms with van der Waals surface area (Å²) in [6.07, 6.45) is 1.48. The maximum Gasteiger partial charge on any atom is 0.259 e.